The highest BCUT2D eigenvalue weighted by molar-refractivity contribution is 6.46. The minimum absolute atomic E-state index is 0.170. The summed E-state index contributed by atoms with van der Waals surface area (Å²) in [7, 11) is 1.61. The Balaban J connectivity index is 1.88. The molecule has 0 fully saturated rings. The van der Waals surface area contributed by atoms with E-state index in [9.17, 15) is 4.79 Å². The Bertz CT molecular complexity index is 1160. The molecule has 0 bridgehead atoms. The van der Waals surface area contributed by atoms with Crippen LogP contribution in [0.4, 0.5) is 5.69 Å². The molecule has 0 aliphatic carbocycles. The number of rotatable bonds is 4. The number of imidazole rings is 1. The van der Waals surface area contributed by atoms with Gasteiger partial charge in [0.05, 0.1) is 23.8 Å². The summed E-state index contributed by atoms with van der Waals surface area (Å²) in [5.41, 5.74) is 3.94. The summed E-state index contributed by atoms with van der Waals surface area (Å²) in [5.74, 6) is 0.836. The first-order valence-corrected chi connectivity index (χ1v) is 8.92. The highest BCUT2D eigenvalue weighted by Crippen LogP contribution is 2.22. The van der Waals surface area contributed by atoms with Gasteiger partial charge in [-0.15, -0.1) is 0 Å². The molecule has 28 heavy (non-hydrogen) atoms. The number of ketones is 1. The molecule has 0 atom stereocenters. The van der Waals surface area contributed by atoms with Gasteiger partial charge in [-0.2, -0.15) is 0 Å². The fraction of sp³-hybridized carbons (Fsp3) is 0.0870. The predicted octanol–water partition coefficient (Wildman–Crippen LogP) is 4.81. The molecule has 0 unspecified atom stereocenters. The van der Waals surface area contributed by atoms with Crippen LogP contribution in [0.3, 0.4) is 0 Å². The molecule has 0 amide bonds. The van der Waals surface area contributed by atoms with Crippen LogP contribution in [-0.2, 0) is 0 Å². The number of aliphatic imine (C=N–C) groups is 1. The van der Waals surface area contributed by atoms with E-state index < -0.39 is 0 Å². The van der Waals surface area contributed by atoms with Crippen molar-refractivity contribution in [3.63, 3.8) is 0 Å². The van der Waals surface area contributed by atoms with Crippen molar-refractivity contribution in [2.75, 3.05) is 7.11 Å². The second kappa shape index (κ2) is 7.48. The molecule has 5 heteroatoms. The molecule has 0 spiro atoms. The van der Waals surface area contributed by atoms with Crippen LogP contribution in [-0.4, -0.2) is 28.3 Å². The molecule has 0 saturated heterocycles. The van der Waals surface area contributed by atoms with E-state index in [2.05, 4.69) is 9.98 Å². The molecule has 4 rings (SSSR count). The quantitative estimate of drug-likeness (QED) is 0.295. The van der Waals surface area contributed by atoms with E-state index in [1.54, 1.807) is 30.1 Å². The summed E-state index contributed by atoms with van der Waals surface area (Å²) in [6, 6.07) is 22.4. The van der Waals surface area contributed by atoms with Crippen LogP contribution in [0.2, 0.25) is 0 Å². The highest BCUT2D eigenvalue weighted by Gasteiger charge is 2.19. The lowest BCUT2D eigenvalue weighted by molar-refractivity contribution is 0.106. The Morgan fingerprint density at radius 3 is 2.46 bits per heavy atom. The third-order valence-corrected chi connectivity index (χ3v) is 4.49. The van der Waals surface area contributed by atoms with E-state index in [0.29, 0.717) is 22.8 Å². The van der Waals surface area contributed by atoms with Gasteiger partial charge in [0.1, 0.15) is 12.1 Å². The SMILES string of the molecule is COc1ccc2c(c1)ncn2C(=Nc1ccc(C)cc1)C(=O)c1ccccc1. The van der Waals surface area contributed by atoms with Crippen LogP contribution in [0.5, 0.6) is 5.75 Å². The fourth-order valence-corrected chi connectivity index (χ4v) is 2.96. The van der Waals surface area contributed by atoms with Crippen LogP contribution in [0.15, 0.2) is 84.1 Å². The number of carbonyl (C=O) groups is 1. The Kier molecular flexibility index (Phi) is 4.72. The molecule has 3 aromatic carbocycles. The summed E-state index contributed by atoms with van der Waals surface area (Å²) in [6.07, 6.45) is 1.62. The van der Waals surface area contributed by atoms with E-state index >= 15 is 0 Å². The average Bonchev–Trinajstić information content (AvgIpc) is 3.16. The van der Waals surface area contributed by atoms with Gasteiger partial charge in [0.15, 0.2) is 5.84 Å². The number of Topliss-reactive ketones (excluding diaryl/α,β-unsaturated/α-hetero) is 1. The van der Waals surface area contributed by atoms with Crippen molar-refractivity contribution >= 4 is 28.3 Å². The number of hydrogen-bond donors (Lipinski definition) is 0. The van der Waals surface area contributed by atoms with Crippen molar-refractivity contribution in [3.8, 4) is 5.75 Å². The number of aryl methyl sites for hydroxylation is 1. The Hall–Kier alpha value is -3.73. The number of ether oxygens (including phenoxy) is 1. The van der Waals surface area contributed by atoms with Crippen LogP contribution in [0.25, 0.3) is 11.0 Å². The second-order valence-electron chi connectivity index (χ2n) is 6.44. The fourth-order valence-electron chi connectivity index (χ4n) is 2.96. The zero-order chi connectivity index (χ0) is 19.5. The van der Waals surface area contributed by atoms with Gasteiger partial charge in [-0.1, -0.05) is 48.0 Å². The molecule has 4 aromatic rings. The summed E-state index contributed by atoms with van der Waals surface area (Å²) in [6.45, 7) is 2.01. The van der Waals surface area contributed by atoms with Gasteiger partial charge in [-0.25, -0.2) is 9.98 Å². The van der Waals surface area contributed by atoms with Crippen molar-refractivity contribution < 1.29 is 9.53 Å². The maximum atomic E-state index is 13.3. The minimum Gasteiger partial charge on any atom is -0.497 e. The highest BCUT2D eigenvalue weighted by atomic mass is 16.5. The number of methoxy groups -OCH3 is 1. The summed E-state index contributed by atoms with van der Waals surface area (Å²) in [4.78, 5) is 22.4. The van der Waals surface area contributed by atoms with Gasteiger partial charge in [-0.3, -0.25) is 9.36 Å². The van der Waals surface area contributed by atoms with E-state index in [4.69, 9.17) is 4.74 Å². The van der Waals surface area contributed by atoms with E-state index in [1.165, 1.54) is 0 Å². The van der Waals surface area contributed by atoms with Gasteiger partial charge in [-0.05, 0) is 31.2 Å². The van der Waals surface area contributed by atoms with Crippen molar-refractivity contribution in [2.24, 2.45) is 4.99 Å². The smallest absolute Gasteiger partial charge is 0.228 e. The number of hydrogen-bond acceptors (Lipinski definition) is 4. The molecule has 0 N–H and O–H groups in total. The van der Waals surface area contributed by atoms with Crippen LogP contribution in [0, 0.1) is 6.92 Å². The zero-order valence-corrected chi connectivity index (χ0v) is 15.7. The molecule has 1 aromatic heterocycles. The van der Waals surface area contributed by atoms with Crippen molar-refractivity contribution in [1.29, 1.82) is 0 Å². The maximum absolute atomic E-state index is 13.3. The lowest BCUT2D eigenvalue weighted by Crippen LogP contribution is -2.22. The number of fused-ring (bicyclic) bond motifs is 1. The van der Waals surface area contributed by atoms with Crippen molar-refractivity contribution in [3.05, 3.63) is 90.3 Å². The van der Waals surface area contributed by atoms with Gasteiger partial charge < -0.3 is 4.74 Å². The van der Waals surface area contributed by atoms with Gasteiger partial charge >= 0.3 is 0 Å². The van der Waals surface area contributed by atoms with E-state index in [1.807, 2.05) is 67.6 Å². The third kappa shape index (κ3) is 3.42. The zero-order valence-electron chi connectivity index (χ0n) is 15.7. The summed E-state index contributed by atoms with van der Waals surface area (Å²) < 4.78 is 7.00. The van der Waals surface area contributed by atoms with Crippen molar-refractivity contribution in [2.45, 2.75) is 6.92 Å². The monoisotopic (exact) mass is 369 g/mol. The number of nitrogens with zero attached hydrogens (tertiary/aromatic N) is 3. The first kappa shape index (κ1) is 17.7. The number of aromatic nitrogens is 2. The Labute approximate surface area is 162 Å². The van der Waals surface area contributed by atoms with Gasteiger partial charge in [0, 0.05) is 11.6 Å². The van der Waals surface area contributed by atoms with Gasteiger partial charge in [0.25, 0.3) is 0 Å². The molecule has 5 nitrogen and oxygen atoms in total. The molecular weight excluding hydrogens is 350 g/mol. The van der Waals surface area contributed by atoms with Crippen LogP contribution >= 0.6 is 0 Å². The third-order valence-electron chi connectivity index (χ3n) is 4.49. The molecule has 138 valence electrons. The van der Waals surface area contributed by atoms with E-state index in [0.717, 1.165) is 16.6 Å². The summed E-state index contributed by atoms with van der Waals surface area (Å²) in [5, 5.41) is 0. The largest absolute Gasteiger partial charge is 0.497 e. The van der Waals surface area contributed by atoms with Crippen molar-refractivity contribution in [1.82, 2.24) is 9.55 Å². The van der Waals surface area contributed by atoms with E-state index in [-0.39, 0.29) is 5.78 Å². The van der Waals surface area contributed by atoms with Crippen LogP contribution in [0.1, 0.15) is 15.9 Å². The first-order valence-electron chi connectivity index (χ1n) is 8.92. The Morgan fingerprint density at radius 2 is 1.75 bits per heavy atom. The molecular formula is C23H19N3O2. The number of benzene rings is 3. The first-order chi connectivity index (χ1) is 13.7. The summed E-state index contributed by atoms with van der Waals surface area (Å²) >= 11 is 0. The lowest BCUT2D eigenvalue weighted by atomic mass is 10.1. The lowest BCUT2D eigenvalue weighted by Gasteiger charge is -2.09. The molecule has 0 saturated carbocycles. The minimum atomic E-state index is -0.170. The molecule has 1 heterocycles. The molecule has 0 aliphatic rings. The van der Waals surface area contributed by atoms with Gasteiger partial charge in [0.2, 0.25) is 5.78 Å². The number of carbonyl (C=O) groups excluding carboxylic acids is 1. The standard InChI is InChI=1S/C23H19N3O2/c1-16-8-10-18(11-9-16)25-23(22(27)17-6-4-3-5-7-17)26-15-24-20-14-19(28-2)12-13-21(20)26/h3-15H,1-2H3. The second-order valence-corrected chi connectivity index (χ2v) is 6.44. The maximum Gasteiger partial charge on any atom is 0.228 e. The van der Waals surface area contributed by atoms with Crippen LogP contribution < -0.4 is 4.74 Å². The molecule has 0 aliphatic heterocycles. The topological polar surface area (TPSA) is 56.5 Å². The normalized spacial score (nSPS) is 11.6. The Morgan fingerprint density at radius 1 is 1.00 bits per heavy atom. The average molecular weight is 369 g/mol. The predicted molar refractivity (Wildman–Crippen MR) is 111 cm³/mol. The molecule has 0 radical (unpaired) electrons.